The predicted molar refractivity (Wildman–Crippen MR) is 93.0 cm³/mol. The third kappa shape index (κ3) is 3.83. The lowest BCUT2D eigenvalue weighted by Crippen LogP contribution is -2.51. The normalized spacial score (nSPS) is 15.8. The summed E-state index contributed by atoms with van der Waals surface area (Å²) in [5.74, 6) is -2.86. The Balaban J connectivity index is 1.82. The van der Waals surface area contributed by atoms with Gasteiger partial charge in [-0.2, -0.15) is 26.3 Å². The van der Waals surface area contributed by atoms with Crippen LogP contribution >= 0.6 is 0 Å². The summed E-state index contributed by atoms with van der Waals surface area (Å²) in [6.07, 6.45) is -10.1. The van der Waals surface area contributed by atoms with E-state index in [1.165, 1.54) is 6.92 Å². The summed E-state index contributed by atoms with van der Waals surface area (Å²) < 4.78 is 83.2. The fourth-order valence-electron chi connectivity index (χ4n) is 3.27. The number of hydrogen-bond acceptors (Lipinski definition) is 7. The van der Waals surface area contributed by atoms with E-state index in [4.69, 9.17) is 4.74 Å². The van der Waals surface area contributed by atoms with Crippen LogP contribution in [-0.4, -0.2) is 41.3 Å². The molecule has 0 radical (unpaired) electrons. The lowest BCUT2D eigenvalue weighted by Gasteiger charge is -2.31. The standard InChI is InChI=1S/C17H14F6N5O4/c1-7-14-9-2-11(25-8-4-24-5-8)10(16(18,19)20)3-13(9)31-6-12(14)26-28(27(7)30)32-15(29)17(21,22)23/h2-3,8,24-25H,4-6H2,1H3/q+1. The topological polar surface area (TPSA) is 100 Å². The highest BCUT2D eigenvalue weighted by atomic mass is 19.4. The Labute approximate surface area is 174 Å². The van der Waals surface area contributed by atoms with Crippen LogP contribution in [0.1, 0.15) is 17.0 Å². The van der Waals surface area contributed by atoms with E-state index >= 15 is 0 Å². The second-order valence-electron chi connectivity index (χ2n) is 7.09. The van der Waals surface area contributed by atoms with Crippen molar-refractivity contribution in [2.45, 2.75) is 31.9 Å². The number of rotatable bonds is 3. The summed E-state index contributed by atoms with van der Waals surface area (Å²) in [6.45, 7) is 1.63. The van der Waals surface area contributed by atoms with E-state index in [1.807, 2.05) is 0 Å². The number of carbonyl (C=O) groups is 1. The molecular weight excluding hydrogens is 452 g/mol. The number of aromatic nitrogens is 3. The van der Waals surface area contributed by atoms with Gasteiger partial charge in [0.15, 0.2) is 12.3 Å². The molecule has 4 rings (SSSR count). The van der Waals surface area contributed by atoms with E-state index in [2.05, 4.69) is 20.6 Å². The number of nitrogens with one attached hydrogen (secondary N) is 2. The molecule has 2 aromatic rings. The van der Waals surface area contributed by atoms with Crippen LogP contribution in [0.3, 0.4) is 0 Å². The van der Waals surface area contributed by atoms with Crippen LogP contribution < -0.4 is 24.7 Å². The molecule has 0 atom stereocenters. The minimum absolute atomic E-state index is 0.0593. The molecule has 0 spiro atoms. The summed E-state index contributed by atoms with van der Waals surface area (Å²) in [5.41, 5.74) is -1.45. The molecule has 0 amide bonds. The van der Waals surface area contributed by atoms with Crippen molar-refractivity contribution in [3.63, 3.8) is 0 Å². The zero-order valence-corrected chi connectivity index (χ0v) is 16.1. The number of alkyl halides is 6. The van der Waals surface area contributed by atoms with Crippen molar-refractivity contribution in [3.05, 3.63) is 34.0 Å². The second-order valence-corrected chi connectivity index (χ2v) is 7.09. The molecule has 1 aromatic carbocycles. The molecule has 0 bridgehead atoms. The summed E-state index contributed by atoms with van der Waals surface area (Å²) in [6, 6.07) is 1.68. The average Bonchev–Trinajstić information content (AvgIpc) is 2.66. The van der Waals surface area contributed by atoms with Crippen molar-refractivity contribution >= 4 is 11.7 Å². The Morgan fingerprint density at radius 3 is 2.53 bits per heavy atom. The highest BCUT2D eigenvalue weighted by molar-refractivity contribution is 5.80. The van der Waals surface area contributed by atoms with Crippen LogP contribution in [0.2, 0.25) is 0 Å². The molecule has 1 fully saturated rings. The molecule has 9 nitrogen and oxygen atoms in total. The van der Waals surface area contributed by atoms with E-state index in [9.17, 15) is 36.0 Å². The molecule has 1 aromatic heterocycles. The minimum atomic E-state index is -5.38. The van der Waals surface area contributed by atoms with Gasteiger partial charge < -0.3 is 15.4 Å². The van der Waals surface area contributed by atoms with Crippen LogP contribution in [0, 0.1) is 11.8 Å². The van der Waals surface area contributed by atoms with Crippen LogP contribution in [-0.2, 0) is 17.6 Å². The highest BCUT2D eigenvalue weighted by Crippen LogP contribution is 2.45. The van der Waals surface area contributed by atoms with Gasteiger partial charge in [-0.15, -0.1) is 0 Å². The number of ether oxygens (including phenoxy) is 1. The number of halogens is 6. The third-order valence-electron chi connectivity index (χ3n) is 4.89. The molecule has 3 heterocycles. The maximum atomic E-state index is 13.6. The molecule has 15 heteroatoms. The summed E-state index contributed by atoms with van der Waals surface area (Å²) in [4.78, 5) is 27.2. The number of benzene rings is 1. The van der Waals surface area contributed by atoms with Gasteiger partial charge in [0.1, 0.15) is 10.3 Å². The summed E-state index contributed by atoms with van der Waals surface area (Å²) in [5, 5.41) is 9.26. The first-order chi connectivity index (χ1) is 14.9. The monoisotopic (exact) mass is 466 g/mol. The minimum Gasteiger partial charge on any atom is -0.484 e. The van der Waals surface area contributed by atoms with Crippen LogP contribution in [0.5, 0.6) is 5.75 Å². The SMILES string of the molecule is Cc1c2c(nn(OC(=O)C(F)(F)F)[n+]1=O)COc1cc(C(F)(F)F)c(NC3CNC3)cc1-2. The largest absolute Gasteiger partial charge is 0.493 e. The van der Waals surface area contributed by atoms with Gasteiger partial charge in [-0.05, 0) is 17.0 Å². The molecule has 0 saturated carbocycles. The van der Waals surface area contributed by atoms with E-state index in [-0.39, 0.29) is 49.5 Å². The lowest BCUT2D eigenvalue weighted by molar-refractivity contribution is -0.646. The number of anilines is 1. The lowest BCUT2D eigenvalue weighted by atomic mass is 9.96. The zero-order valence-electron chi connectivity index (χ0n) is 16.1. The average molecular weight is 466 g/mol. The van der Waals surface area contributed by atoms with Gasteiger partial charge in [0.05, 0.1) is 22.3 Å². The Kier molecular flexibility index (Phi) is 5.02. The second kappa shape index (κ2) is 7.36. The number of carbonyl (C=O) groups excluding carboxylic acids is 1. The first-order valence-electron chi connectivity index (χ1n) is 9.07. The Morgan fingerprint density at radius 1 is 1.28 bits per heavy atom. The molecular formula is C17H14F6N5O4+. The predicted octanol–water partition coefficient (Wildman–Crippen LogP) is 1.59. The van der Waals surface area contributed by atoms with Gasteiger partial charge >= 0.3 is 18.3 Å². The number of fused-ring (bicyclic) bond motifs is 3. The Hall–Kier alpha value is -3.36. The van der Waals surface area contributed by atoms with Crippen molar-refractivity contribution < 1.29 is 45.3 Å². The molecule has 172 valence electrons. The molecule has 0 aliphatic carbocycles. The Bertz CT molecular complexity index is 1160. The van der Waals surface area contributed by atoms with E-state index in [0.717, 1.165) is 12.1 Å². The smallest absolute Gasteiger partial charge is 0.484 e. The van der Waals surface area contributed by atoms with Gasteiger partial charge in [-0.25, -0.2) is 4.79 Å². The van der Waals surface area contributed by atoms with Crippen LogP contribution in [0.25, 0.3) is 11.1 Å². The maximum Gasteiger partial charge on any atom is 0.493 e. The van der Waals surface area contributed by atoms with Crippen molar-refractivity contribution in [3.8, 4) is 16.9 Å². The number of hydrogen-bond donors (Lipinski definition) is 2. The molecule has 1 saturated heterocycles. The molecule has 2 aliphatic heterocycles. The maximum absolute atomic E-state index is 13.6. The van der Waals surface area contributed by atoms with Crippen LogP contribution in [0.4, 0.5) is 32.0 Å². The van der Waals surface area contributed by atoms with Crippen molar-refractivity contribution in [1.82, 2.24) is 15.4 Å². The quantitative estimate of drug-likeness (QED) is 0.524. The summed E-state index contributed by atoms with van der Waals surface area (Å²) in [7, 11) is 0. The van der Waals surface area contributed by atoms with Crippen LogP contribution in [0.15, 0.2) is 12.1 Å². The van der Waals surface area contributed by atoms with Gasteiger partial charge in [0, 0.05) is 31.3 Å². The summed E-state index contributed by atoms with van der Waals surface area (Å²) >= 11 is 0. The Morgan fingerprint density at radius 2 is 1.97 bits per heavy atom. The van der Waals surface area contributed by atoms with Gasteiger partial charge in [0.25, 0.3) is 0 Å². The molecule has 0 unspecified atom stereocenters. The van der Waals surface area contributed by atoms with E-state index in [0.29, 0.717) is 13.1 Å². The van der Waals surface area contributed by atoms with Gasteiger partial charge in [0.2, 0.25) is 10.7 Å². The van der Waals surface area contributed by atoms with Gasteiger partial charge in [-0.3, -0.25) is 4.84 Å². The third-order valence-corrected chi connectivity index (χ3v) is 4.89. The first-order valence-corrected chi connectivity index (χ1v) is 9.07. The highest BCUT2D eigenvalue weighted by Gasteiger charge is 2.44. The fourth-order valence-corrected chi connectivity index (χ4v) is 3.27. The van der Waals surface area contributed by atoms with E-state index in [1.54, 1.807) is 0 Å². The van der Waals surface area contributed by atoms with Gasteiger partial charge in [-0.1, -0.05) is 0 Å². The van der Waals surface area contributed by atoms with Crippen molar-refractivity contribution in [1.29, 1.82) is 0 Å². The molecule has 2 N–H and O–H groups in total. The van der Waals surface area contributed by atoms with E-state index < -0.39 is 30.5 Å². The molecule has 2 aliphatic rings. The van der Waals surface area contributed by atoms with Crippen molar-refractivity contribution in [2.75, 3.05) is 18.4 Å². The zero-order chi connectivity index (χ0) is 23.4. The first kappa shape index (κ1) is 21.9. The number of nitrogens with zero attached hydrogens (tertiary/aromatic N) is 3. The molecule has 32 heavy (non-hydrogen) atoms. The fraction of sp³-hybridized carbons (Fsp3) is 0.412. The van der Waals surface area contributed by atoms with Crippen molar-refractivity contribution in [2.24, 2.45) is 0 Å².